The smallest absolute Gasteiger partial charge is 0.264 e. The molecule has 0 fully saturated rings. The Kier molecular flexibility index (Phi) is 10.6. The Bertz CT molecular complexity index is 238. The van der Waals surface area contributed by atoms with E-state index >= 15 is 0 Å². The summed E-state index contributed by atoms with van der Waals surface area (Å²) in [5.41, 5.74) is 0. The number of unbranched alkanes of at least 4 members (excludes halogenated alkanes) is 5. The summed E-state index contributed by atoms with van der Waals surface area (Å²) in [6.07, 6.45) is 8.04. The minimum absolute atomic E-state index is 0.338. The summed E-state index contributed by atoms with van der Waals surface area (Å²) >= 11 is 2.00. The molecule has 0 amide bonds. The Morgan fingerprint density at radius 3 is 2.12 bits per heavy atom. The van der Waals surface area contributed by atoms with Crippen molar-refractivity contribution in [1.82, 2.24) is 0 Å². The van der Waals surface area contributed by atoms with Crippen LogP contribution in [0.2, 0.25) is 0 Å². The van der Waals surface area contributed by atoms with Crippen LogP contribution in [0.5, 0.6) is 0 Å². The van der Waals surface area contributed by atoms with Gasteiger partial charge in [0.1, 0.15) is 0 Å². The molecule has 16 heavy (non-hydrogen) atoms. The SMILES string of the molecule is CCSCCCCCCCCOS(C)(=O)=O. The first kappa shape index (κ1) is 16.3. The molecule has 5 heteroatoms. The molecule has 0 saturated carbocycles. The third-order valence-corrected chi connectivity index (χ3v) is 3.76. The molecule has 0 aromatic rings. The van der Waals surface area contributed by atoms with E-state index in [2.05, 4.69) is 11.1 Å². The lowest BCUT2D eigenvalue weighted by atomic mass is 10.1. The summed E-state index contributed by atoms with van der Waals surface area (Å²) in [6.45, 7) is 2.52. The molecule has 0 radical (unpaired) electrons. The van der Waals surface area contributed by atoms with Crippen LogP contribution in [0, 0.1) is 0 Å². The van der Waals surface area contributed by atoms with Crippen molar-refractivity contribution < 1.29 is 12.6 Å². The molecule has 0 aliphatic rings. The molecule has 0 aliphatic heterocycles. The van der Waals surface area contributed by atoms with E-state index in [-0.39, 0.29) is 0 Å². The molecular formula is C11H24O3S2. The van der Waals surface area contributed by atoms with Crippen LogP contribution >= 0.6 is 11.8 Å². The van der Waals surface area contributed by atoms with Gasteiger partial charge in [0.15, 0.2) is 0 Å². The zero-order valence-electron chi connectivity index (χ0n) is 10.4. The molecule has 98 valence electrons. The van der Waals surface area contributed by atoms with Crippen LogP contribution in [0.15, 0.2) is 0 Å². The van der Waals surface area contributed by atoms with Gasteiger partial charge in [0.2, 0.25) is 0 Å². The normalized spacial score (nSPS) is 11.9. The Hall–Kier alpha value is 0.260. The van der Waals surface area contributed by atoms with Crippen molar-refractivity contribution in [3.63, 3.8) is 0 Å². The number of hydrogen-bond acceptors (Lipinski definition) is 4. The third-order valence-electron chi connectivity index (χ3n) is 2.18. The fraction of sp³-hybridized carbons (Fsp3) is 1.00. The summed E-state index contributed by atoms with van der Waals surface area (Å²) in [5, 5.41) is 0. The van der Waals surface area contributed by atoms with Crippen molar-refractivity contribution >= 4 is 21.9 Å². The van der Waals surface area contributed by atoms with Crippen molar-refractivity contribution in [2.45, 2.75) is 45.4 Å². The molecule has 0 aromatic carbocycles. The van der Waals surface area contributed by atoms with Crippen molar-refractivity contribution in [2.24, 2.45) is 0 Å². The average Bonchev–Trinajstić information content (AvgIpc) is 2.19. The van der Waals surface area contributed by atoms with E-state index in [4.69, 9.17) is 0 Å². The second-order valence-corrected chi connectivity index (χ2v) is 6.88. The highest BCUT2D eigenvalue weighted by Crippen LogP contribution is 2.09. The number of hydrogen-bond donors (Lipinski definition) is 0. The standard InChI is InChI=1S/C11H24O3S2/c1-3-15-11-9-7-5-4-6-8-10-14-16(2,12)13/h3-11H2,1-2H3. The van der Waals surface area contributed by atoms with Gasteiger partial charge >= 0.3 is 0 Å². The molecule has 0 N–H and O–H groups in total. The van der Waals surface area contributed by atoms with Gasteiger partial charge in [-0.2, -0.15) is 20.2 Å². The van der Waals surface area contributed by atoms with Gasteiger partial charge in [0.25, 0.3) is 10.1 Å². The van der Waals surface area contributed by atoms with Gasteiger partial charge < -0.3 is 0 Å². The molecule has 0 heterocycles. The van der Waals surface area contributed by atoms with E-state index in [0.717, 1.165) is 19.1 Å². The summed E-state index contributed by atoms with van der Waals surface area (Å²) < 4.78 is 25.9. The van der Waals surface area contributed by atoms with Crippen molar-refractivity contribution in [2.75, 3.05) is 24.4 Å². The molecule has 0 rings (SSSR count). The van der Waals surface area contributed by atoms with Crippen molar-refractivity contribution in [1.29, 1.82) is 0 Å². The Labute approximate surface area is 104 Å². The second-order valence-electron chi connectivity index (χ2n) is 3.84. The van der Waals surface area contributed by atoms with E-state index in [1.165, 1.54) is 37.2 Å². The van der Waals surface area contributed by atoms with Gasteiger partial charge in [-0.05, 0) is 24.3 Å². The highest BCUT2D eigenvalue weighted by atomic mass is 32.2. The van der Waals surface area contributed by atoms with Crippen molar-refractivity contribution in [3.8, 4) is 0 Å². The first-order valence-corrected chi connectivity index (χ1v) is 8.95. The lowest BCUT2D eigenvalue weighted by Crippen LogP contribution is -2.03. The zero-order chi connectivity index (χ0) is 12.3. The molecular weight excluding hydrogens is 244 g/mol. The van der Waals surface area contributed by atoms with Crippen LogP contribution in [0.4, 0.5) is 0 Å². The summed E-state index contributed by atoms with van der Waals surface area (Å²) in [7, 11) is -3.23. The van der Waals surface area contributed by atoms with Crippen LogP contribution in [0.3, 0.4) is 0 Å². The van der Waals surface area contributed by atoms with Gasteiger partial charge in [0.05, 0.1) is 12.9 Å². The lowest BCUT2D eigenvalue weighted by molar-refractivity contribution is 0.309. The molecule has 0 aromatic heterocycles. The second kappa shape index (κ2) is 10.4. The minimum Gasteiger partial charge on any atom is -0.270 e. The van der Waals surface area contributed by atoms with Gasteiger partial charge in [-0.3, -0.25) is 4.18 Å². The van der Waals surface area contributed by atoms with Gasteiger partial charge in [-0.15, -0.1) is 0 Å². The van der Waals surface area contributed by atoms with Crippen LogP contribution in [-0.2, 0) is 14.3 Å². The summed E-state index contributed by atoms with van der Waals surface area (Å²) in [4.78, 5) is 0. The predicted molar refractivity (Wildman–Crippen MR) is 71.5 cm³/mol. The van der Waals surface area contributed by atoms with Crippen LogP contribution < -0.4 is 0 Å². The van der Waals surface area contributed by atoms with E-state index < -0.39 is 10.1 Å². The molecule has 0 atom stereocenters. The van der Waals surface area contributed by atoms with Crippen LogP contribution in [0.1, 0.15) is 45.4 Å². The van der Waals surface area contributed by atoms with Crippen LogP contribution in [0.25, 0.3) is 0 Å². The maximum Gasteiger partial charge on any atom is 0.264 e. The average molecular weight is 268 g/mol. The zero-order valence-corrected chi connectivity index (χ0v) is 12.0. The largest absolute Gasteiger partial charge is 0.270 e. The molecule has 0 unspecified atom stereocenters. The molecule has 0 bridgehead atoms. The summed E-state index contributed by atoms with van der Waals surface area (Å²) in [5.74, 6) is 2.48. The summed E-state index contributed by atoms with van der Waals surface area (Å²) in [6, 6.07) is 0. The number of thioether (sulfide) groups is 1. The topological polar surface area (TPSA) is 43.4 Å². The quantitative estimate of drug-likeness (QED) is 0.427. The van der Waals surface area contributed by atoms with Gasteiger partial charge in [0, 0.05) is 0 Å². The number of rotatable bonds is 11. The molecule has 3 nitrogen and oxygen atoms in total. The highest BCUT2D eigenvalue weighted by molar-refractivity contribution is 7.99. The lowest BCUT2D eigenvalue weighted by Gasteiger charge is -2.02. The van der Waals surface area contributed by atoms with Gasteiger partial charge in [-0.1, -0.05) is 32.6 Å². The van der Waals surface area contributed by atoms with Crippen LogP contribution in [-0.4, -0.2) is 32.8 Å². The van der Waals surface area contributed by atoms with Gasteiger partial charge in [-0.25, -0.2) is 0 Å². The fourth-order valence-corrected chi connectivity index (χ4v) is 2.49. The fourth-order valence-electron chi connectivity index (χ4n) is 1.37. The first-order chi connectivity index (χ1) is 7.56. The molecule has 0 aliphatic carbocycles. The van der Waals surface area contributed by atoms with E-state index in [9.17, 15) is 8.42 Å². The minimum atomic E-state index is -3.23. The Morgan fingerprint density at radius 2 is 1.56 bits per heavy atom. The molecule has 0 saturated heterocycles. The third kappa shape index (κ3) is 14.3. The highest BCUT2D eigenvalue weighted by Gasteiger charge is 2.00. The molecule has 0 spiro atoms. The Balaban J connectivity index is 3.05. The maximum absolute atomic E-state index is 10.6. The van der Waals surface area contributed by atoms with E-state index in [1.54, 1.807) is 0 Å². The predicted octanol–water partition coefficient (Wildman–Crippen LogP) is 3.06. The van der Waals surface area contributed by atoms with E-state index in [0.29, 0.717) is 6.61 Å². The Morgan fingerprint density at radius 1 is 1.00 bits per heavy atom. The van der Waals surface area contributed by atoms with Crippen molar-refractivity contribution in [3.05, 3.63) is 0 Å². The van der Waals surface area contributed by atoms with E-state index in [1.807, 2.05) is 11.8 Å². The maximum atomic E-state index is 10.6. The first-order valence-electron chi connectivity index (χ1n) is 5.98. The monoisotopic (exact) mass is 268 g/mol.